The molecule has 0 bridgehead atoms. The number of carbonyl (C=O) groups excluding carboxylic acids is 2. The fourth-order valence-corrected chi connectivity index (χ4v) is 3.42. The van der Waals surface area contributed by atoms with Crippen molar-refractivity contribution in [2.75, 3.05) is 26.9 Å². The predicted molar refractivity (Wildman–Crippen MR) is 114 cm³/mol. The third-order valence-corrected chi connectivity index (χ3v) is 4.96. The van der Waals surface area contributed by atoms with Gasteiger partial charge in [0.25, 0.3) is 11.7 Å². The van der Waals surface area contributed by atoms with E-state index >= 15 is 0 Å². The van der Waals surface area contributed by atoms with Gasteiger partial charge in [-0.15, -0.1) is 0 Å². The zero-order valence-electron chi connectivity index (χ0n) is 17.1. The zero-order chi connectivity index (χ0) is 21.7. The molecule has 1 amide bonds. The summed E-state index contributed by atoms with van der Waals surface area (Å²) in [7, 11) is 1.53. The molecule has 1 fully saturated rings. The summed E-state index contributed by atoms with van der Waals surface area (Å²) in [5.41, 5.74) is 2.28. The molecule has 1 heterocycles. The molecule has 1 N–H and O–H groups in total. The summed E-state index contributed by atoms with van der Waals surface area (Å²) in [6, 6.07) is 13.5. The van der Waals surface area contributed by atoms with Gasteiger partial charge in [-0.2, -0.15) is 0 Å². The smallest absolute Gasteiger partial charge is 0.295 e. The number of ether oxygens (including phenoxy) is 2. The van der Waals surface area contributed by atoms with Gasteiger partial charge in [-0.25, -0.2) is 0 Å². The molecule has 2 aromatic carbocycles. The maximum atomic E-state index is 12.9. The second-order valence-corrected chi connectivity index (χ2v) is 7.02. The molecule has 156 valence electrons. The highest BCUT2D eigenvalue weighted by molar-refractivity contribution is 6.46. The number of benzene rings is 2. The van der Waals surface area contributed by atoms with E-state index in [-0.39, 0.29) is 24.5 Å². The highest BCUT2D eigenvalue weighted by atomic mass is 16.5. The molecule has 1 saturated heterocycles. The molecule has 0 radical (unpaired) electrons. The number of hydrogen-bond acceptors (Lipinski definition) is 5. The topological polar surface area (TPSA) is 76.1 Å². The first-order valence-corrected chi connectivity index (χ1v) is 9.66. The van der Waals surface area contributed by atoms with Gasteiger partial charge < -0.3 is 19.5 Å². The second kappa shape index (κ2) is 9.41. The van der Waals surface area contributed by atoms with E-state index in [9.17, 15) is 14.7 Å². The molecule has 1 aliphatic heterocycles. The molecule has 6 heteroatoms. The summed E-state index contributed by atoms with van der Waals surface area (Å²) in [5, 5.41) is 11.0. The lowest BCUT2D eigenvalue weighted by atomic mass is 9.95. The van der Waals surface area contributed by atoms with Gasteiger partial charge in [0.2, 0.25) is 0 Å². The number of carbonyl (C=O) groups is 2. The number of amides is 1. The highest BCUT2D eigenvalue weighted by Gasteiger charge is 2.45. The average molecular weight is 407 g/mol. The minimum absolute atomic E-state index is 0.0692. The number of nitrogens with zero attached hydrogens (tertiary/aromatic N) is 1. The number of Topliss-reactive ketones (excluding diaryl/α,β-unsaturated/α-hetero) is 1. The molecular formula is C24H25NO5. The summed E-state index contributed by atoms with van der Waals surface area (Å²) < 4.78 is 10.6. The fourth-order valence-electron chi connectivity index (χ4n) is 3.42. The average Bonchev–Trinajstić information content (AvgIpc) is 3.01. The first kappa shape index (κ1) is 21.3. The number of rotatable bonds is 8. The van der Waals surface area contributed by atoms with Crippen LogP contribution in [0.5, 0.6) is 5.75 Å². The molecule has 1 atom stereocenters. The standard InChI is InChI=1S/C24H25NO5/c1-4-14-30-19-11-9-17(10-12-19)21-20(22(26)18-7-5-16(2)6-8-18)23(27)24(28)25(21)13-15-29-3/h4-12,21,26H,1,13-15H2,2-3H3/t21-/m1/s1. The summed E-state index contributed by atoms with van der Waals surface area (Å²) in [6.45, 7) is 6.43. The quantitative estimate of drug-likeness (QED) is 0.313. The van der Waals surface area contributed by atoms with E-state index in [2.05, 4.69) is 6.58 Å². The van der Waals surface area contributed by atoms with Gasteiger partial charge in [0.05, 0.1) is 18.2 Å². The van der Waals surface area contributed by atoms with Crippen molar-refractivity contribution in [3.8, 4) is 5.75 Å². The molecule has 0 unspecified atom stereocenters. The molecule has 2 aromatic rings. The molecule has 3 rings (SSSR count). The number of ketones is 1. The lowest BCUT2D eigenvalue weighted by molar-refractivity contribution is -0.140. The van der Waals surface area contributed by atoms with Crippen LogP contribution in [-0.4, -0.2) is 48.6 Å². The Hall–Kier alpha value is -3.38. The molecule has 0 aliphatic carbocycles. The number of aliphatic hydroxyl groups excluding tert-OH is 1. The molecule has 0 spiro atoms. The summed E-state index contributed by atoms with van der Waals surface area (Å²) in [5.74, 6) is -0.907. The van der Waals surface area contributed by atoms with Crippen molar-refractivity contribution in [2.24, 2.45) is 0 Å². The zero-order valence-corrected chi connectivity index (χ0v) is 17.1. The van der Waals surface area contributed by atoms with Gasteiger partial charge in [0.1, 0.15) is 18.1 Å². The number of aryl methyl sites for hydroxylation is 1. The largest absolute Gasteiger partial charge is 0.507 e. The Morgan fingerprint density at radius 3 is 2.40 bits per heavy atom. The highest BCUT2D eigenvalue weighted by Crippen LogP contribution is 2.39. The third-order valence-electron chi connectivity index (χ3n) is 4.96. The van der Waals surface area contributed by atoms with Crippen LogP contribution in [0.2, 0.25) is 0 Å². The van der Waals surface area contributed by atoms with Gasteiger partial charge >= 0.3 is 0 Å². The van der Waals surface area contributed by atoms with Gasteiger partial charge in [-0.3, -0.25) is 9.59 Å². The maximum Gasteiger partial charge on any atom is 0.295 e. The lowest BCUT2D eigenvalue weighted by Crippen LogP contribution is -2.32. The first-order valence-electron chi connectivity index (χ1n) is 9.66. The van der Waals surface area contributed by atoms with Crippen molar-refractivity contribution in [3.63, 3.8) is 0 Å². The van der Waals surface area contributed by atoms with Crippen molar-refractivity contribution in [2.45, 2.75) is 13.0 Å². The van der Waals surface area contributed by atoms with Gasteiger partial charge in [-0.1, -0.05) is 54.6 Å². The number of methoxy groups -OCH3 is 1. The van der Waals surface area contributed by atoms with Crippen molar-refractivity contribution < 1.29 is 24.2 Å². The Bertz CT molecular complexity index is 960. The summed E-state index contributed by atoms with van der Waals surface area (Å²) in [6.07, 6.45) is 1.65. The van der Waals surface area contributed by atoms with Crippen LogP contribution in [0.1, 0.15) is 22.7 Å². The van der Waals surface area contributed by atoms with E-state index in [1.807, 2.05) is 19.1 Å². The SMILES string of the molecule is C=CCOc1ccc([C@@H]2C(=C(O)c3ccc(C)cc3)C(=O)C(=O)N2CCOC)cc1. The Kier molecular flexibility index (Phi) is 6.69. The van der Waals surface area contributed by atoms with Crippen LogP contribution in [0.25, 0.3) is 5.76 Å². The Morgan fingerprint density at radius 2 is 1.80 bits per heavy atom. The number of likely N-dealkylation sites (tertiary alicyclic amines) is 1. The Balaban J connectivity index is 2.07. The molecule has 0 aromatic heterocycles. The van der Waals surface area contributed by atoms with Crippen molar-refractivity contribution in [3.05, 3.63) is 83.4 Å². The predicted octanol–water partition coefficient (Wildman–Crippen LogP) is 3.63. The monoisotopic (exact) mass is 407 g/mol. The molecule has 6 nitrogen and oxygen atoms in total. The Morgan fingerprint density at radius 1 is 1.13 bits per heavy atom. The fraction of sp³-hybridized carbons (Fsp3) is 0.250. The lowest BCUT2D eigenvalue weighted by Gasteiger charge is -2.25. The first-order chi connectivity index (χ1) is 14.5. The van der Waals surface area contributed by atoms with Crippen molar-refractivity contribution in [1.82, 2.24) is 4.90 Å². The van der Waals surface area contributed by atoms with Crippen LogP contribution in [0.3, 0.4) is 0 Å². The van der Waals surface area contributed by atoms with Crippen LogP contribution in [0.15, 0.2) is 66.8 Å². The van der Waals surface area contributed by atoms with Crippen LogP contribution in [0, 0.1) is 6.92 Å². The van der Waals surface area contributed by atoms with E-state index in [1.54, 1.807) is 42.5 Å². The van der Waals surface area contributed by atoms with Crippen LogP contribution in [0.4, 0.5) is 0 Å². The third kappa shape index (κ3) is 4.28. The Labute approximate surface area is 176 Å². The molecule has 0 saturated carbocycles. The van der Waals surface area contributed by atoms with E-state index in [4.69, 9.17) is 9.47 Å². The number of aliphatic hydroxyl groups is 1. The van der Waals surface area contributed by atoms with Gasteiger partial charge in [-0.05, 0) is 24.6 Å². The van der Waals surface area contributed by atoms with Gasteiger partial charge in [0, 0.05) is 19.2 Å². The summed E-state index contributed by atoms with van der Waals surface area (Å²) in [4.78, 5) is 27.0. The van der Waals surface area contributed by atoms with E-state index in [0.717, 1.165) is 5.56 Å². The van der Waals surface area contributed by atoms with Crippen molar-refractivity contribution >= 4 is 17.4 Å². The van der Waals surface area contributed by atoms with Crippen LogP contribution in [-0.2, 0) is 14.3 Å². The number of hydrogen-bond donors (Lipinski definition) is 1. The van der Waals surface area contributed by atoms with E-state index in [0.29, 0.717) is 23.5 Å². The van der Waals surface area contributed by atoms with Crippen LogP contribution >= 0.6 is 0 Å². The van der Waals surface area contributed by atoms with E-state index in [1.165, 1.54) is 12.0 Å². The molecule has 1 aliphatic rings. The van der Waals surface area contributed by atoms with Crippen LogP contribution < -0.4 is 4.74 Å². The second-order valence-electron chi connectivity index (χ2n) is 7.02. The van der Waals surface area contributed by atoms with E-state index < -0.39 is 17.7 Å². The summed E-state index contributed by atoms with van der Waals surface area (Å²) >= 11 is 0. The normalized spacial score (nSPS) is 17.9. The minimum Gasteiger partial charge on any atom is -0.507 e. The maximum absolute atomic E-state index is 12.9. The molecular weight excluding hydrogens is 382 g/mol. The van der Waals surface area contributed by atoms with Crippen molar-refractivity contribution in [1.29, 1.82) is 0 Å². The van der Waals surface area contributed by atoms with Gasteiger partial charge in [0.15, 0.2) is 0 Å². The molecule has 30 heavy (non-hydrogen) atoms. The minimum atomic E-state index is -0.713.